The minimum absolute atomic E-state index is 0.0129. The molecule has 2 aromatic rings. The maximum absolute atomic E-state index is 13.4. The highest BCUT2D eigenvalue weighted by Crippen LogP contribution is 2.45. The van der Waals surface area contributed by atoms with Crippen LogP contribution in [0.2, 0.25) is 0 Å². The van der Waals surface area contributed by atoms with E-state index in [1.165, 1.54) is 38.4 Å². The van der Waals surface area contributed by atoms with Crippen LogP contribution in [0.4, 0.5) is 0 Å². The third-order valence-corrected chi connectivity index (χ3v) is 6.71. The molecular weight excluding hydrogens is 480 g/mol. The van der Waals surface area contributed by atoms with E-state index in [0.717, 1.165) is 19.6 Å². The lowest BCUT2D eigenvalue weighted by atomic mass is 9.94. The number of aliphatic hydroxyl groups is 1. The number of rotatable bonds is 9. The molecule has 0 bridgehead atoms. The third-order valence-electron chi connectivity index (χ3n) is 6.71. The standard InChI is InChI=1S/C27H32N2O8/c1-34-17-6-8-22(36-3)20(15-17)24-23(25(31)19-7-5-18(35-2)16-21(19)30)26(32)27(33)29(24)10-4-9-28-11-13-37-14-12-28/h5-8,15-16,24,30-31H,4,9-14H2,1-3H3. The summed E-state index contributed by atoms with van der Waals surface area (Å²) >= 11 is 0. The number of ether oxygens (including phenoxy) is 4. The fourth-order valence-corrected chi connectivity index (χ4v) is 4.76. The summed E-state index contributed by atoms with van der Waals surface area (Å²) in [6.45, 7) is 3.95. The van der Waals surface area contributed by atoms with Gasteiger partial charge < -0.3 is 34.1 Å². The van der Waals surface area contributed by atoms with Crippen LogP contribution in [0.3, 0.4) is 0 Å². The van der Waals surface area contributed by atoms with Gasteiger partial charge in [-0.2, -0.15) is 0 Å². The smallest absolute Gasteiger partial charge is 0.295 e. The second-order valence-electron chi connectivity index (χ2n) is 8.79. The number of ketones is 1. The first-order valence-corrected chi connectivity index (χ1v) is 12.1. The van der Waals surface area contributed by atoms with E-state index in [1.54, 1.807) is 24.3 Å². The van der Waals surface area contributed by atoms with E-state index in [9.17, 15) is 19.8 Å². The molecule has 0 saturated carbocycles. The molecule has 198 valence electrons. The lowest BCUT2D eigenvalue weighted by molar-refractivity contribution is -0.140. The van der Waals surface area contributed by atoms with Crippen LogP contribution in [0.25, 0.3) is 5.76 Å². The predicted octanol–water partition coefficient (Wildman–Crippen LogP) is 2.56. The van der Waals surface area contributed by atoms with Crippen molar-refractivity contribution in [3.63, 3.8) is 0 Å². The van der Waals surface area contributed by atoms with Crippen molar-refractivity contribution in [1.29, 1.82) is 0 Å². The maximum atomic E-state index is 13.4. The number of aromatic hydroxyl groups is 1. The van der Waals surface area contributed by atoms with Gasteiger partial charge >= 0.3 is 0 Å². The topological polar surface area (TPSA) is 118 Å². The normalized spacial score (nSPS) is 19.8. The average Bonchev–Trinajstić information content (AvgIpc) is 3.17. The second kappa shape index (κ2) is 11.5. The number of hydrogen-bond donors (Lipinski definition) is 2. The number of aliphatic hydroxyl groups excluding tert-OH is 1. The number of methoxy groups -OCH3 is 3. The second-order valence-corrected chi connectivity index (χ2v) is 8.79. The number of amides is 1. The molecule has 4 rings (SSSR count). The van der Waals surface area contributed by atoms with E-state index < -0.39 is 23.5 Å². The van der Waals surface area contributed by atoms with Crippen LogP contribution in [-0.2, 0) is 14.3 Å². The summed E-state index contributed by atoms with van der Waals surface area (Å²) in [4.78, 5) is 30.4. The molecule has 0 radical (unpaired) electrons. The molecule has 10 nitrogen and oxygen atoms in total. The molecule has 10 heteroatoms. The van der Waals surface area contributed by atoms with Gasteiger partial charge in [0, 0.05) is 37.8 Å². The molecule has 1 unspecified atom stereocenters. The molecule has 1 amide bonds. The maximum Gasteiger partial charge on any atom is 0.295 e. The first-order chi connectivity index (χ1) is 17.9. The molecule has 2 aliphatic rings. The van der Waals surface area contributed by atoms with Crippen LogP contribution in [0.15, 0.2) is 42.0 Å². The predicted molar refractivity (Wildman–Crippen MR) is 135 cm³/mol. The monoisotopic (exact) mass is 512 g/mol. The largest absolute Gasteiger partial charge is 0.507 e. The van der Waals surface area contributed by atoms with E-state index >= 15 is 0 Å². The Morgan fingerprint density at radius 2 is 1.65 bits per heavy atom. The summed E-state index contributed by atoms with van der Waals surface area (Å²) in [7, 11) is 4.46. The lowest BCUT2D eigenvalue weighted by Gasteiger charge is -2.29. The van der Waals surface area contributed by atoms with Crippen molar-refractivity contribution in [2.24, 2.45) is 0 Å². The Morgan fingerprint density at radius 3 is 2.30 bits per heavy atom. The average molecular weight is 513 g/mol. The van der Waals surface area contributed by atoms with Crippen molar-refractivity contribution >= 4 is 17.4 Å². The number of phenolic OH excluding ortho intramolecular Hbond substituents is 1. The molecule has 2 aliphatic heterocycles. The minimum atomic E-state index is -0.948. The number of benzene rings is 2. The highest BCUT2D eigenvalue weighted by Gasteiger charge is 2.47. The summed E-state index contributed by atoms with van der Waals surface area (Å²) in [5.74, 6) is -1.03. The highest BCUT2D eigenvalue weighted by atomic mass is 16.5. The number of morpholine rings is 1. The van der Waals surface area contributed by atoms with Crippen LogP contribution in [0.5, 0.6) is 23.0 Å². The number of phenols is 1. The molecule has 2 aromatic carbocycles. The quantitative estimate of drug-likeness (QED) is 0.297. The molecule has 1 atom stereocenters. The van der Waals surface area contributed by atoms with E-state index in [2.05, 4.69) is 4.90 Å². The van der Waals surface area contributed by atoms with Gasteiger partial charge in [0.05, 0.1) is 51.7 Å². The van der Waals surface area contributed by atoms with Crippen LogP contribution in [-0.4, -0.2) is 92.4 Å². The zero-order valence-electron chi connectivity index (χ0n) is 21.2. The van der Waals surface area contributed by atoms with Crippen LogP contribution < -0.4 is 14.2 Å². The van der Waals surface area contributed by atoms with E-state index in [1.807, 2.05) is 0 Å². The molecular formula is C27H32N2O8. The fraction of sp³-hybridized carbons (Fsp3) is 0.407. The summed E-state index contributed by atoms with van der Waals surface area (Å²) in [6.07, 6.45) is 0.615. The van der Waals surface area contributed by atoms with E-state index in [-0.39, 0.29) is 23.4 Å². The highest BCUT2D eigenvalue weighted by molar-refractivity contribution is 6.46. The summed E-state index contributed by atoms with van der Waals surface area (Å²) in [5.41, 5.74) is 0.365. The summed E-state index contributed by atoms with van der Waals surface area (Å²) in [5, 5.41) is 21.9. The lowest BCUT2D eigenvalue weighted by Crippen LogP contribution is -2.39. The zero-order chi connectivity index (χ0) is 26.5. The first kappa shape index (κ1) is 26.3. The number of Topliss-reactive ketones (excluding diaryl/α,β-unsaturated/α-hetero) is 1. The molecule has 0 aromatic heterocycles. The zero-order valence-corrected chi connectivity index (χ0v) is 21.2. The van der Waals surface area contributed by atoms with Gasteiger partial charge in [0.1, 0.15) is 28.8 Å². The van der Waals surface area contributed by atoms with Gasteiger partial charge in [0.25, 0.3) is 11.7 Å². The Kier molecular flexibility index (Phi) is 8.20. The Hall–Kier alpha value is -3.76. The van der Waals surface area contributed by atoms with Crippen molar-refractivity contribution < 1.29 is 38.7 Å². The Labute approximate surface area is 215 Å². The van der Waals surface area contributed by atoms with Crippen LogP contribution in [0, 0.1) is 0 Å². The van der Waals surface area contributed by atoms with Gasteiger partial charge in [0.2, 0.25) is 0 Å². The fourth-order valence-electron chi connectivity index (χ4n) is 4.76. The number of carbonyl (C=O) groups excluding carboxylic acids is 2. The summed E-state index contributed by atoms with van der Waals surface area (Å²) < 4.78 is 21.5. The number of likely N-dealkylation sites (tertiary alicyclic amines) is 1. The van der Waals surface area contributed by atoms with Crippen molar-refractivity contribution in [1.82, 2.24) is 9.80 Å². The Balaban J connectivity index is 1.78. The molecule has 0 aliphatic carbocycles. The van der Waals surface area contributed by atoms with Crippen molar-refractivity contribution in [2.45, 2.75) is 12.5 Å². The van der Waals surface area contributed by atoms with Crippen LogP contribution >= 0.6 is 0 Å². The minimum Gasteiger partial charge on any atom is -0.507 e. The molecule has 2 fully saturated rings. The number of hydrogen-bond acceptors (Lipinski definition) is 9. The molecule has 2 N–H and O–H groups in total. The van der Waals surface area contributed by atoms with Gasteiger partial charge in [0.15, 0.2) is 0 Å². The van der Waals surface area contributed by atoms with E-state index in [0.29, 0.717) is 42.4 Å². The number of carbonyl (C=O) groups is 2. The number of nitrogens with zero attached hydrogens (tertiary/aromatic N) is 2. The Bertz CT molecular complexity index is 1190. The molecule has 0 spiro atoms. The van der Waals surface area contributed by atoms with Crippen molar-refractivity contribution in [2.75, 3.05) is 60.7 Å². The third kappa shape index (κ3) is 5.35. The van der Waals surface area contributed by atoms with Gasteiger partial charge in [-0.15, -0.1) is 0 Å². The first-order valence-electron chi connectivity index (χ1n) is 12.1. The van der Waals surface area contributed by atoms with Gasteiger partial charge in [-0.05, 0) is 36.8 Å². The molecule has 37 heavy (non-hydrogen) atoms. The van der Waals surface area contributed by atoms with Gasteiger partial charge in [-0.1, -0.05) is 0 Å². The van der Waals surface area contributed by atoms with Gasteiger partial charge in [-0.3, -0.25) is 14.5 Å². The van der Waals surface area contributed by atoms with E-state index in [4.69, 9.17) is 18.9 Å². The van der Waals surface area contributed by atoms with Crippen LogP contribution in [0.1, 0.15) is 23.6 Å². The SMILES string of the molecule is COc1ccc(C(O)=C2C(=O)C(=O)N(CCCN3CCOCC3)C2c2cc(OC)ccc2OC)c(O)c1. The van der Waals surface area contributed by atoms with Crippen molar-refractivity contribution in [3.05, 3.63) is 53.1 Å². The molecule has 2 heterocycles. The molecule has 2 saturated heterocycles. The van der Waals surface area contributed by atoms with Crippen molar-refractivity contribution in [3.8, 4) is 23.0 Å². The summed E-state index contributed by atoms with van der Waals surface area (Å²) in [6, 6.07) is 8.45. The van der Waals surface area contributed by atoms with Gasteiger partial charge in [-0.25, -0.2) is 0 Å². The Morgan fingerprint density at radius 1 is 0.973 bits per heavy atom.